The van der Waals surface area contributed by atoms with E-state index in [1.54, 1.807) is 31.6 Å². The van der Waals surface area contributed by atoms with Gasteiger partial charge in [0.15, 0.2) is 0 Å². The number of carbonyl (C=O) groups excluding carboxylic acids is 1. The first-order chi connectivity index (χ1) is 12.6. The molecular formula is C17H19N5O4. The maximum atomic E-state index is 12.1. The number of piperazine rings is 1. The van der Waals surface area contributed by atoms with Gasteiger partial charge in [0.25, 0.3) is 5.69 Å². The number of carbonyl (C=O) groups is 1. The van der Waals surface area contributed by atoms with Crippen molar-refractivity contribution in [1.82, 2.24) is 9.97 Å². The van der Waals surface area contributed by atoms with Crippen molar-refractivity contribution < 1.29 is 14.5 Å². The third kappa shape index (κ3) is 3.71. The van der Waals surface area contributed by atoms with Crippen LogP contribution < -0.4 is 9.80 Å². The van der Waals surface area contributed by atoms with Crippen molar-refractivity contribution in [1.29, 1.82) is 0 Å². The van der Waals surface area contributed by atoms with Gasteiger partial charge in [0.1, 0.15) is 11.4 Å². The second-order valence-corrected chi connectivity index (χ2v) is 5.72. The molecule has 0 bridgehead atoms. The number of nitro groups is 1. The molecular weight excluding hydrogens is 338 g/mol. The van der Waals surface area contributed by atoms with Crippen molar-refractivity contribution in [3.8, 4) is 0 Å². The number of hydrogen-bond acceptors (Lipinski definition) is 8. The summed E-state index contributed by atoms with van der Waals surface area (Å²) in [6.45, 7) is 4.72. The van der Waals surface area contributed by atoms with Crippen molar-refractivity contribution in [2.24, 2.45) is 0 Å². The molecule has 2 aromatic rings. The third-order valence-corrected chi connectivity index (χ3v) is 4.19. The lowest BCUT2D eigenvalue weighted by atomic mass is 10.1. The monoisotopic (exact) mass is 357 g/mol. The Hall–Kier alpha value is -3.23. The van der Waals surface area contributed by atoms with Crippen LogP contribution in [0.4, 0.5) is 17.2 Å². The van der Waals surface area contributed by atoms with E-state index in [0.717, 1.165) is 24.6 Å². The number of nitrogens with zero attached hydrogens (tertiary/aromatic N) is 5. The molecule has 3 rings (SSSR count). The maximum absolute atomic E-state index is 12.1. The van der Waals surface area contributed by atoms with Crippen LogP contribution >= 0.6 is 0 Å². The lowest BCUT2D eigenvalue weighted by Gasteiger charge is -2.36. The number of esters is 1. The van der Waals surface area contributed by atoms with Gasteiger partial charge in [-0.1, -0.05) is 0 Å². The van der Waals surface area contributed by atoms with E-state index in [9.17, 15) is 14.9 Å². The molecule has 1 aliphatic heterocycles. The summed E-state index contributed by atoms with van der Waals surface area (Å²) < 4.78 is 4.95. The second-order valence-electron chi connectivity index (χ2n) is 5.72. The summed E-state index contributed by atoms with van der Waals surface area (Å²) in [4.78, 5) is 35.3. The molecule has 0 unspecified atom stereocenters. The van der Waals surface area contributed by atoms with Crippen LogP contribution in [0.3, 0.4) is 0 Å². The minimum atomic E-state index is -0.681. The van der Waals surface area contributed by atoms with Crippen LogP contribution in [0.2, 0.25) is 0 Å². The predicted molar refractivity (Wildman–Crippen MR) is 95.5 cm³/mol. The Morgan fingerprint density at radius 2 is 1.96 bits per heavy atom. The first kappa shape index (κ1) is 17.6. The molecule has 1 aromatic heterocycles. The molecule has 1 aromatic carbocycles. The Morgan fingerprint density at radius 3 is 2.58 bits per heavy atom. The summed E-state index contributed by atoms with van der Waals surface area (Å²) >= 11 is 0. The van der Waals surface area contributed by atoms with Crippen molar-refractivity contribution in [3.05, 3.63) is 52.5 Å². The highest BCUT2D eigenvalue weighted by Gasteiger charge is 2.25. The summed E-state index contributed by atoms with van der Waals surface area (Å²) in [5.41, 5.74) is 0.494. The SMILES string of the molecule is CCOC(=O)c1cc(N2CCN(c3cnccn3)CC2)ccc1[N+](=O)[O-]. The Morgan fingerprint density at radius 1 is 1.23 bits per heavy atom. The second kappa shape index (κ2) is 7.77. The molecule has 0 N–H and O–H groups in total. The maximum Gasteiger partial charge on any atom is 0.345 e. The zero-order valence-electron chi connectivity index (χ0n) is 14.4. The van der Waals surface area contributed by atoms with Gasteiger partial charge in [-0.2, -0.15) is 0 Å². The highest BCUT2D eigenvalue weighted by molar-refractivity contribution is 5.95. The smallest absolute Gasteiger partial charge is 0.345 e. The number of aromatic nitrogens is 2. The van der Waals surface area contributed by atoms with Gasteiger partial charge >= 0.3 is 5.97 Å². The molecule has 0 aliphatic carbocycles. The highest BCUT2D eigenvalue weighted by Crippen LogP contribution is 2.27. The van der Waals surface area contributed by atoms with Gasteiger partial charge in [0.2, 0.25) is 0 Å². The summed E-state index contributed by atoms with van der Waals surface area (Å²) in [6.07, 6.45) is 5.01. The van der Waals surface area contributed by atoms with Gasteiger partial charge in [-0.15, -0.1) is 0 Å². The van der Waals surface area contributed by atoms with E-state index in [4.69, 9.17) is 4.74 Å². The van der Waals surface area contributed by atoms with E-state index >= 15 is 0 Å². The van der Waals surface area contributed by atoms with E-state index in [-0.39, 0.29) is 17.9 Å². The fraction of sp³-hybridized carbons (Fsp3) is 0.353. The average molecular weight is 357 g/mol. The molecule has 0 radical (unpaired) electrons. The lowest BCUT2D eigenvalue weighted by Crippen LogP contribution is -2.46. The average Bonchev–Trinajstić information content (AvgIpc) is 2.68. The van der Waals surface area contributed by atoms with Crippen LogP contribution in [0.1, 0.15) is 17.3 Å². The number of hydrogen-bond donors (Lipinski definition) is 0. The normalized spacial score (nSPS) is 14.2. The number of benzene rings is 1. The summed E-state index contributed by atoms with van der Waals surface area (Å²) in [7, 11) is 0. The standard InChI is InChI=1S/C17H19N5O4/c1-2-26-17(23)14-11-13(3-4-15(14)22(24)25)20-7-9-21(10-8-20)16-12-18-5-6-19-16/h3-6,11-12H,2,7-10H2,1H3. The van der Waals surface area contributed by atoms with E-state index in [1.165, 1.54) is 12.1 Å². The third-order valence-electron chi connectivity index (χ3n) is 4.19. The Kier molecular flexibility index (Phi) is 5.26. The van der Waals surface area contributed by atoms with Crippen LogP contribution in [-0.4, -0.2) is 53.6 Å². The number of rotatable bonds is 5. The molecule has 2 heterocycles. The van der Waals surface area contributed by atoms with Crippen molar-refractivity contribution >= 4 is 23.2 Å². The largest absolute Gasteiger partial charge is 0.462 e. The molecule has 9 heteroatoms. The summed E-state index contributed by atoms with van der Waals surface area (Å²) in [5, 5.41) is 11.2. The molecule has 1 fully saturated rings. The zero-order chi connectivity index (χ0) is 18.5. The lowest BCUT2D eigenvalue weighted by molar-refractivity contribution is -0.385. The molecule has 0 amide bonds. The van der Waals surface area contributed by atoms with E-state index in [1.807, 2.05) is 0 Å². The molecule has 9 nitrogen and oxygen atoms in total. The first-order valence-corrected chi connectivity index (χ1v) is 8.31. The molecule has 0 spiro atoms. The molecule has 0 saturated carbocycles. The number of anilines is 2. The molecule has 1 saturated heterocycles. The predicted octanol–water partition coefficient (Wildman–Crippen LogP) is 1.89. The topological polar surface area (TPSA) is 102 Å². The van der Waals surface area contributed by atoms with Crippen molar-refractivity contribution in [3.63, 3.8) is 0 Å². The number of ether oxygens (including phenoxy) is 1. The first-order valence-electron chi connectivity index (χ1n) is 8.31. The van der Waals surface area contributed by atoms with Gasteiger partial charge in [-0.25, -0.2) is 9.78 Å². The minimum absolute atomic E-state index is 0.0225. The zero-order valence-corrected chi connectivity index (χ0v) is 14.4. The minimum Gasteiger partial charge on any atom is -0.462 e. The van der Waals surface area contributed by atoms with Crippen molar-refractivity contribution in [2.45, 2.75) is 6.92 Å². The fourth-order valence-corrected chi connectivity index (χ4v) is 2.90. The van der Waals surface area contributed by atoms with Crippen molar-refractivity contribution in [2.75, 3.05) is 42.6 Å². The van der Waals surface area contributed by atoms with Gasteiger partial charge in [0, 0.05) is 50.3 Å². The Labute approximate surface area is 150 Å². The quantitative estimate of drug-likeness (QED) is 0.454. The van der Waals surface area contributed by atoms with Gasteiger partial charge in [-0.3, -0.25) is 15.1 Å². The van der Waals surface area contributed by atoms with Crippen LogP contribution in [0.5, 0.6) is 0 Å². The van der Waals surface area contributed by atoms with Gasteiger partial charge < -0.3 is 14.5 Å². The van der Waals surface area contributed by atoms with E-state index in [0.29, 0.717) is 13.1 Å². The van der Waals surface area contributed by atoms with Crippen LogP contribution in [0, 0.1) is 10.1 Å². The Balaban J connectivity index is 1.77. The highest BCUT2D eigenvalue weighted by atomic mass is 16.6. The van der Waals surface area contributed by atoms with Crippen LogP contribution in [0.15, 0.2) is 36.8 Å². The fourth-order valence-electron chi connectivity index (χ4n) is 2.90. The Bertz CT molecular complexity index is 791. The number of nitro benzene ring substituents is 1. The molecule has 1 aliphatic rings. The van der Waals surface area contributed by atoms with E-state index < -0.39 is 10.9 Å². The van der Waals surface area contributed by atoms with Crippen LogP contribution in [-0.2, 0) is 4.74 Å². The van der Waals surface area contributed by atoms with Crippen LogP contribution in [0.25, 0.3) is 0 Å². The molecule has 0 atom stereocenters. The molecule has 26 heavy (non-hydrogen) atoms. The molecule has 136 valence electrons. The van der Waals surface area contributed by atoms with E-state index in [2.05, 4.69) is 19.8 Å². The van der Waals surface area contributed by atoms with Gasteiger partial charge in [-0.05, 0) is 19.1 Å². The summed E-state index contributed by atoms with van der Waals surface area (Å²) in [6, 6.07) is 4.56. The van der Waals surface area contributed by atoms with Gasteiger partial charge in [0.05, 0.1) is 17.7 Å². The summed E-state index contributed by atoms with van der Waals surface area (Å²) in [5.74, 6) is 0.141.